The van der Waals surface area contributed by atoms with Crippen LogP contribution in [0.1, 0.15) is 157 Å². The Kier molecular flexibility index (Phi) is 19.4. The summed E-state index contributed by atoms with van der Waals surface area (Å²) >= 11 is 0. The molecule has 34 heavy (non-hydrogen) atoms. The third kappa shape index (κ3) is 21.4. The zero-order chi connectivity index (χ0) is 25.7. The second-order valence-corrected chi connectivity index (χ2v) is 10.8. The maximum absolute atomic E-state index is 11.9. The fraction of sp³-hybridized carbons (Fsp3) is 0.929. The summed E-state index contributed by atoms with van der Waals surface area (Å²) in [5.41, 5.74) is -1.31. The van der Waals surface area contributed by atoms with E-state index < -0.39 is 11.2 Å². The van der Waals surface area contributed by atoms with E-state index in [1.165, 1.54) is 64.2 Å². The van der Waals surface area contributed by atoms with E-state index in [4.69, 9.17) is 19.6 Å². The normalized spacial score (nSPS) is 12.1. The topological polar surface area (TPSA) is 71.1 Å². The molecular weight excluding hydrogens is 432 g/mol. The van der Waals surface area contributed by atoms with Crippen LogP contribution in [-0.4, -0.2) is 23.1 Å². The van der Waals surface area contributed by atoms with Gasteiger partial charge in [-0.05, 0) is 53.4 Å². The first-order valence-corrected chi connectivity index (χ1v) is 13.9. The number of carbonyl (C=O) groups excluding carboxylic acids is 2. The molecule has 0 aliphatic rings. The second-order valence-electron chi connectivity index (χ2n) is 10.8. The van der Waals surface area contributed by atoms with Gasteiger partial charge in [-0.25, -0.2) is 9.59 Å². The highest BCUT2D eigenvalue weighted by molar-refractivity contribution is 5.68. The number of hydrogen-bond donors (Lipinski definition) is 0. The van der Waals surface area contributed by atoms with Crippen LogP contribution in [0.3, 0.4) is 0 Å². The monoisotopic (exact) mass is 486 g/mol. The highest BCUT2D eigenvalue weighted by Crippen LogP contribution is 2.26. The first kappa shape index (κ1) is 32.9. The van der Waals surface area contributed by atoms with Crippen molar-refractivity contribution in [3.63, 3.8) is 0 Å². The van der Waals surface area contributed by atoms with Crippen LogP contribution >= 0.6 is 0 Å². The zero-order valence-electron chi connectivity index (χ0n) is 23.2. The lowest BCUT2D eigenvalue weighted by atomic mass is 9.94. The van der Waals surface area contributed by atoms with Gasteiger partial charge in [-0.1, -0.05) is 90.9 Å². The van der Waals surface area contributed by atoms with Gasteiger partial charge in [0, 0.05) is 12.8 Å². The summed E-state index contributed by atoms with van der Waals surface area (Å²) in [4.78, 5) is 44.8. The van der Waals surface area contributed by atoms with Gasteiger partial charge in [0.05, 0.1) is 0 Å². The lowest BCUT2D eigenvalue weighted by Gasteiger charge is -2.28. The average Bonchev–Trinajstić information content (AvgIpc) is 2.79. The molecular formula is C28H54O6. The third-order valence-corrected chi connectivity index (χ3v) is 6.02. The van der Waals surface area contributed by atoms with E-state index in [1.807, 2.05) is 27.7 Å². The Morgan fingerprint density at radius 3 is 1.12 bits per heavy atom. The Bertz CT molecular complexity index is 469. The van der Waals surface area contributed by atoms with Crippen molar-refractivity contribution in [2.75, 3.05) is 0 Å². The number of hydrogen-bond acceptors (Lipinski definition) is 6. The van der Waals surface area contributed by atoms with Crippen molar-refractivity contribution in [2.24, 2.45) is 0 Å². The molecule has 0 aromatic carbocycles. The largest absolute Gasteiger partial charge is 0.342 e. The molecule has 202 valence electrons. The van der Waals surface area contributed by atoms with Gasteiger partial charge in [0.1, 0.15) is 11.2 Å². The molecule has 0 saturated heterocycles. The molecule has 0 aliphatic carbocycles. The summed E-state index contributed by atoms with van der Waals surface area (Å²) in [6.07, 6.45) is 18.1. The van der Waals surface area contributed by atoms with Crippen LogP contribution in [0.15, 0.2) is 0 Å². The summed E-state index contributed by atoms with van der Waals surface area (Å²) in [6, 6.07) is 0. The molecule has 6 nitrogen and oxygen atoms in total. The van der Waals surface area contributed by atoms with E-state index in [-0.39, 0.29) is 11.9 Å². The summed E-state index contributed by atoms with van der Waals surface area (Å²) in [5, 5.41) is 0. The maximum atomic E-state index is 11.9. The smallest absolute Gasteiger partial charge is 0.298 e. The van der Waals surface area contributed by atoms with Crippen LogP contribution in [0.5, 0.6) is 0 Å². The first-order chi connectivity index (χ1) is 16.1. The van der Waals surface area contributed by atoms with Crippen molar-refractivity contribution in [3.05, 3.63) is 0 Å². The van der Waals surface area contributed by atoms with E-state index in [0.717, 1.165) is 25.7 Å². The van der Waals surface area contributed by atoms with Gasteiger partial charge in [0.15, 0.2) is 0 Å². The van der Waals surface area contributed by atoms with Crippen molar-refractivity contribution in [1.29, 1.82) is 0 Å². The molecule has 0 aromatic rings. The standard InChI is InChI=1S/C28H54O6/c1-7-9-11-13-15-17-19-21-25(29)31-33-27(3,4)23-24-28(5,6)34-32-26(30)22-20-18-16-14-12-10-8-2/h7-24H2,1-6H3. The molecule has 0 saturated carbocycles. The van der Waals surface area contributed by atoms with E-state index >= 15 is 0 Å². The fourth-order valence-corrected chi connectivity index (χ4v) is 3.54. The summed E-state index contributed by atoms with van der Waals surface area (Å²) in [5.74, 6) is -0.645. The minimum Gasteiger partial charge on any atom is -0.298 e. The summed E-state index contributed by atoms with van der Waals surface area (Å²) < 4.78 is 0. The van der Waals surface area contributed by atoms with Crippen LogP contribution in [0.4, 0.5) is 0 Å². The number of unbranched alkanes of at least 4 members (excludes halogenated alkanes) is 12. The second kappa shape index (κ2) is 20.1. The summed E-state index contributed by atoms with van der Waals surface area (Å²) in [6.45, 7) is 11.9. The minimum absolute atomic E-state index is 0.323. The molecule has 6 heteroatoms. The predicted molar refractivity (Wildman–Crippen MR) is 137 cm³/mol. The highest BCUT2D eigenvalue weighted by Gasteiger charge is 2.29. The molecule has 0 fully saturated rings. The summed E-state index contributed by atoms with van der Waals surface area (Å²) in [7, 11) is 0. The SMILES string of the molecule is CCCCCCCCCC(=O)OOC(C)(C)CCC(C)(C)OOC(=O)CCCCCCCCC. The van der Waals surface area contributed by atoms with Crippen LogP contribution in [-0.2, 0) is 29.1 Å². The van der Waals surface area contributed by atoms with Gasteiger partial charge in [-0.15, -0.1) is 0 Å². The van der Waals surface area contributed by atoms with Gasteiger partial charge < -0.3 is 0 Å². The highest BCUT2D eigenvalue weighted by atomic mass is 17.2. The molecule has 0 spiro atoms. The molecule has 0 rings (SSSR count). The molecule has 0 atom stereocenters. The van der Waals surface area contributed by atoms with Gasteiger partial charge in [0.25, 0.3) is 0 Å². The van der Waals surface area contributed by atoms with Crippen molar-refractivity contribution in [3.8, 4) is 0 Å². The molecule has 0 amide bonds. The molecule has 0 aromatic heterocycles. The molecule has 0 unspecified atom stereocenters. The van der Waals surface area contributed by atoms with Crippen molar-refractivity contribution in [2.45, 2.75) is 168 Å². The van der Waals surface area contributed by atoms with Crippen molar-refractivity contribution >= 4 is 11.9 Å². The van der Waals surface area contributed by atoms with Gasteiger partial charge in [0.2, 0.25) is 0 Å². The van der Waals surface area contributed by atoms with Gasteiger partial charge in [-0.2, -0.15) is 9.78 Å². The lowest BCUT2D eigenvalue weighted by Crippen LogP contribution is -2.32. The van der Waals surface area contributed by atoms with Crippen LogP contribution in [0.2, 0.25) is 0 Å². The molecule has 0 heterocycles. The van der Waals surface area contributed by atoms with Crippen molar-refractivity contribution in [1.82, 2.24) is 0 Å². The van der Waals surface area contributed by atoms with E-state index in [9.17, 15) is 9.59 Å². The van der Waals surface area contributed by atoms with Crippen molar-refractivity contribution < 1.29 is 29.1 Å². The van der Waals surface area contributed by atoms with Gasteiger partial charge in [-0.3, -0.25) is 9.78 Å². The van der Waals surface area contributed by atoms with Gasteiger partial charge >= 0.3 is 11.9 Å². The molecule has 0 bridgehead atoms. The Morgan fingerprint density at radius 2 is 0.794 bits per heavy atom. The first-order valence-electron chi connectivity index (χ1n) is 13.9. The molecule has 0 N–H and O–H groups in total. The number of rotatable bonds is 23. The molecule has 0 aliphatic heterocycles. The zero-order valence-corrected chi connectivity index (χ0v) is 23.2. The Labute approximate surface area is 209 Å². The van der Waals surface area contributed by atoms with E-state index in [0.29, 0.717) is 25.7 Å². The van der Waals surface area contributed by atoms with E-state index in [1.54, 1.807) is 0 Å². The Morgan fingerprint density at radius 1 is 0.500 bits per heavy atom. The minimum atomic E-state index is -0.655. The Hall–Kier alpha value is -1.14. The number of carbonyl (C=O) groups is 2. The maximum Gasteiger partial charge on any atom is 0.342 e. The van der Waals surface area contributed by atoms with Crippen LogP contribution in [0, 0.1) is 0 Å². The quantitative estimate of drug-likeness (QED) is 0.0818. The fourth-order valence-electron chi connectivity index (χ4n) is 3.54. The lowest BCUT2D eigenvalue weighted by molar-refractivity contribution is -0.340. The third-order valence-electron chi connectivity index (χ3n) is 6.02. The Balaban J connectivity index is 3.93. The molecule has 0 radical (unpaired) electrons. The average molecular weight is 487 g/mol. The van der Waals surface area contributed by atoms with Crippen LogP contribution < -0.4 is 0 Å². The van der Waals surface area contributed by atoms with E-state index in [2.05, 4.69) is 13.8 Å². The predicted octanol–water partition coefficient (Wildman–Crippen LogP) is 8.55. The van der Waals surface area contributed by atoms with Crippen LogP contribution in [0.25, 0.3) is 0 Å².